The maximum atomic E-state index is 12.3. The lowest BCUT2D eigenvalue weighted by molar-refractivity contribution is -0.118. The Labute approximate surface area is 189 Å². The monoisotopic (exact) mass is 450 g/mol. The van der Waals surface area contributed by atoms with Crippen molar-refractivity contribution in [2.75, 3.05) is 17.2 Å². The van der Waals surface area contributed by atoms with Gasteiger partial charge in [-0.25, -0.2) is 4.79 Å². The summed E-state index contributed by atoms with van der Waals surface area (Å²) in [6.07, 6.45) is 0. The van der Waals surface area contributed by atoms with Crippen molar-refractivity contribution in [3.63, 3.8) is 0 Å². The van der Waals surface area contributed by atoms with E-state index in [0.717, 1.165) is 0 Å². The van der Waals surface area contributed by atoms with Crippen LogP contribution in [0.2, 0.25) is 0 Å². The molecule has 3 rings (SSSR count). The minimum Gasteiger partial charge on any atom is -0.454 e. The third-order valence-electron chi connectivity index (χ3n) is 4.46. The Morgan fingerprint density at radius 3 is 2.00 bits per heavy atom. The normalized spacial score (nSPS) is 10.5. The molecule has 0 aliphatic heterocycles. The molecule has 3 aromatic rings. The molecule has 0 atom stereocenters. The van der Waals surface area contributed by atoms with Gasteiger partial charge in [-0.3, -0.25) is 14.4 Å². The number of nitrogens with one attached hydrogen (secondary N) is 2. The number of hydrogen-bond acceptors (Lipinski definition) is 6. The molecule has 0 radical (unpaired) electrons. The molecule has 2 amide bonds. The van der Waals surface area contributed by atoms with Gasteiger partial charge in [0.25, 0.3) is 5.91 Å². The van der Waals surface area contributed by atoms with Gasteiger partial charge in [0.1, 0.15) is 0 Å². The van der Waals surface area contributed by atoms with E-state index in [9.17, 15) is 19.2 Å². The average molecular weight is 451 g/mol. The van der Waals surface area contributed by atoms with Crippen LogP contribution in [0.25, 0.3) is 0 Å². The van der Waals surface area contributed by atoms with Gasteiger partial charge < -0.3 is 15.4 Å². The van der Waals surface area contributed by atoms with Crippen molar-refractivity contribution < 1.29 is 23.9 Å². The van der Waals surface area contributed by atoms with Gasteiger partial charge in [-0.1, -0.05) is 19.9 Å². The minimum absolute atomic E-state index is 0.116. The fourth-order valence-corrected chi connectivity index (χ4v) is 3.23. The number of amides is 2. The number of esters is 1. The van der Waals surface area contributed by atoms with Crippen LogP contribution in [-0.4, -0.2) is 30.2 Å². The SMILES string of the molecule is CC(C)C(=O)Nc1ccc(C(=O)COC(=O)c2ccc(NC(=O)c3cccs3)cc2)cc1. The number of anilines is 2. The second-order valence-corrected chi connectivity index (χ2v) is 8.18. The first kappa shape index (κ1) is 22.9. The van der Waals surface area contributed by atoms with E-state index in [-0.39, 0.29) is 29.1 Å². The molecule has 2 aromatic carbocycles. The zero-order chi connectivity index (χ0) is 23.1. The standard InChI is InChI=1S/C24H22N2O5S/c1-15(2)22(28)25-18-9-5-16(6-10-18)20(27)14-31-24(30)17-7-11-19(12-8-17)26-23(29)21-4-3-13-32-21/h3-13,15H,14H2,1-2H3,(H,25,28)(H,26,29). The molecule has 0 spiro atoms. The summed E-state index contributed by atoms with van der Waals surface area (Å²) in [4.78, 5) is 48.9. The molecular formula is C24H22N2O5S. The third-order valence-corrected chi connectivity index (χ3v) is 5.33. The molecule has 0 aliphatic carbocycles. The van der Waals surface area contributed by atoms with E-state index < -0.39 is 12.6 Å². The van der Waals surface area contributed by atoms with Gasteiger partial charge in [-0.05, 0) is 60.0 Å². The van der Waals surface area contributed by atoms with E-state index in [4.69, 9.17) is 4.74 Å². The highest BCUT2D eigenvalue weighted by molar-refractivity contribution is 7.12. The number of thiophene rings is 1. The first-order valence-corrected chi connectivity index (χ1v) is 10.8. The molecule has 1 heterocycles. The van der Waals surface area contributed by atoms with Crippen LogP contribution >= 0.6 is 11.3 Å². The Kier molecular flexibility index (Phi) is 7.51. The minimum atomic E-state index is -0.643. The molecule has 8 heteroatoms. The van der Waals surface area contributed by atoms with Gasteiger partial charge in [0.2, 0.25) is 5.91 Å². The van der Waals surface area contributed by atoms with E-state index in [2.05, 4.69) is 10.6 Å². The highest BCUT2D eigenvalue weighted by atomic mass is 32.1. The lowest BCUT2D eigenvalue weighted by Gasteiger charge is -2.09. The van der Waals surface area contributed by atoms with E-state index in [0.29, 0.717) is 21.8 Å². The molecule has 2 N–H and O–H groups in total. The van der Waals surface area contributed by atoms with Crippen molar-refractivity contribution in [3.05, 3.63) is 82.0 Å². The van der Waals surface area contributed by atoms with Crippen molar-refractivity contribution >= 4 is 46.3 Å². The smallest absolute Gasteiger partial charge is 0.338 e. The summed E-state index contributed by atoms with van der Waals surface area (Å²) in [5, 5.41) is 7.30. The summed E-state index contributed by atoms with van der Waals surface area (Å²) >= 11 is 1.33. The van der Waals surface area contributed by atoms with Gasteiger partial charge in [0, 0.05) is 22.9 Å². The molecule has 164 valence electrons. The molecular weight excluding hydrogens is 428 g/mol. The van der Waals surface area contributed by atoms with Crippen molar-refractivity contribution in [1.82, 2.24) is 0 Å². The lowest BCUT2D eigenvalue weighted by atomic mass is 10.1. The largest absolute Gasteiger partial charge is 0.454 e. The van der Waals surface area contributed by atoms with E-state index in [1.807, 2.05) is 5.38 Å². The Balaban J connectivity index is 1.51. The number of benzene rings is 2. The lowest BCUT2D eigenvalue weighted by Crippen LogP contribution is -2.18. The first-order chi connectivity index (χ1) is 15.3. The Bertz CT molecular complexity index is 1100. The van der Waals surface area contributed by atoms with E-state index in [1.165, 1.54) is 23.5 Å². The number of rotatable bonds is 8. The van der Waals surface area contributed by atoms with E-state index in [1.54, 1.807) is 62.4 Å². The first-order valence-electron chi connectivity index (χ1n) is 9.89. The second kappa shape index (κ2) is 10.5. The fraction of sp³-hybridized carbons (Fsp3) is 0.167. The van der Waals surface area contributed by atoms with Crippen LogP contribution in [0.3, 0.4) is 0 Å². The van der Waals surface area contributed by atoms with Crippen LogP contribution in [0.5, 0.6) is 0 Å². The summed E-state index contributed by atoms with van der Waals surface area (Å²) in [6, 6.07) is 16.1. The van der Waals surface area contributed by atoms with Crippen molar-refractivity contribution in [2.45, 2.75) is 13.8 Å². The number of hydrogen-bond donors (Lipinski definition) is 2. The number of ketones is 1. The topological polar surface area (TPSA) is 102 Å². The number of Topliss-reactive ketones (excluding diaryl/α,β-unsaturated/α-hetero) is 1. The van der Waals surface area contributed by atoms with E-state index >= 15 is 0 Å². The second-order valence-electron chi connectivity index (χ2n) is 7.23. The zero-order valence-corrected chi connectivity index (χ0v) is 18.4. The van der Waals surface area contributed by atoms with Crippen LogP contribution in [0, 0.1) is 5.92 Å². The van der Waals surface area contributed by atoms with Crippen molar-refractivity contribution in [3.8, 4) is 0 Å². The summed E-state index contributed by atoms with van der Waals surface area (Å²) in [6.45, 7) is 3.17. The molecule has 32 heavy (non-hydrogen) atoms. The third kappa shape index (κ3) is 6.12. The quantitative estimate of drug-likeness (QED) is 0.385. The van der Waals surface area contributed by atoms with Crippen molar-refractivity contribution in [1.29, 1.82) is 0 Å². The summed E-state index contributed by atoms with van der Waals surface area (Å²) in [5.41, 5.74) is 1.76. The molecule has 0 fully saturated rings. The summed E-state index contributed by atoms with van der Waals surface area (Å²) < 4.78 is 5.11. The van der Waals surface area contributed by atoms with Crippen LogP contribution < -0.4 is 10.6 Å². The predicted molar refractivity (Wildman–Crippen MR) is 123 cm³/mol. The Morgan fingerprint density at radius 1 is 0.844 bits per heavy atom. The maximum absolute atomic E-state index is 12.3. The number of ether oxygens (including phenoxy) is 1. The van der Waals surface area contributed by atoms with Gasteiger partial charge in [0.05, 0.1) is 10.4 Å². The number of carbonyl (C=O) groups is 4. The van der Waals surface area contributed by atoms with Crippen molar-refractivity contribution in [2.24, 2.45) is 5.92 Å². The average Bonchev–Trinajstić information content (AvgIpc) is 3.33. The number of carbonyl (C=O) groups excluding carboxylic acids is 4. The maximum Gasteiger partial charge on any atom is 0.338 e. The molecule has 7 nitrogen and oxygen atoms in total. The molecule has 0 saturated heterocycles. The molecule has 0 bridgehead atoms. The van der Waals surface area contributed by atoms with Gasteiger partial charge in [0.15, 0.2) is 12.4 Å². The Morgan fingerprint density at radius 2 is 1.44 bits per heavy atom. The molecule has 1 aromatic heterocycles. The predicted octanol–water partition coefficient (Wildman–Crippen LogP) is 4.63. The van der Waals surface area contributed by atoms with Crippen LogP contribution in [0.1, 0.15) is 44.2 Å². The van der Waals surface area contributed by atoms with Gasteiger partial charge in [-0.2, -0.15) is 0 Å². The summed E-state index contributed by atoms with van der Waals surface area (Å²) in [7, 11) is 0. The highest BCUT2D eigenvalue weighted by Crippen LogP contribution is 2.15. The highest BCUT2D eigenvalue weighted by Gasteiger charge is 2.13. The summed E-state index contributed by atoms with van der Waals surface area (Å²) in [5.74, 6) is -1.50. The Hall–Kier alpha value is -3.78. The fourth-order valence-electron chi connectivity index (χ4n) is 2.61. The molecule has 0 unspecified atom stereocenters. The molecule has 0 aliphatic rings. The zero-order valence-electron chi connectivity index (χ0n) is 17.6. The van der Waals surface area contributed by atoms with Crippen LogP contribution in [-0.2, 0) is 9.53 Å². The van der Waals surface area contributed by atoms with Gasteiger partial charge in [-0.15, -0.1) is 11.3 Å². The van der Waals surface area contributed by atoms with Crippen LogP contribution in [0.15, 0.2) is 66.0 Å². The van der Waals surface area contributed by atoms with Gasteiger partial charge >= 0.3 is 5.97 Å². The molecule has 0 saturated carbocycles. The van der Waals surface area contributed by atoms with Crippen LogP contribution in [0.4, 0.5) is 11.4 Å².